The SMILES string of the molecule is CC(C(=O)[O-])[N+](C)(C)C. The fourth-order valence-corrected chi connectivity index (χ4v) is 0.316. The summed E-state index contributed by atoms with van der Waals surface area (Å²) in [7, 11) is 5.46. The summed E-state index contributed by atoms with van der Waals surface area (Å²) >= 11 is 0. The first-order chi connectivity index (χ1) is 3.85. The van der Waals surface area contributed by atoms with E-state index in [0.29, 0.717) is 4.48 Å². The number of carboxylic acid groups (broad SMARTS) is 1. The quantitative estimate of drug-likeness (QED) is 0.443. The Morgan fingerprint density at radius 2 is 1.78 bits per heavy atom. The fraction of sp³-hybridized carbons (Fsp3) is 0.833. The minimum atomic E-state index is -0.998. The molecule has 3 heteroatoms. The van der Waals surface area contributed by atoms with Gasteiger partial charge in [-0.25, -0.2) is 0 Å². The van der Waals surface area contributed by atoms with E-state index in [2.05, 4.69) is 0 Å². The second-order valence-electron chi connectivity index (χ2n) is 3.11. The molecule has 0 aromatic rings. The lowest BCUT2D eigenvalue weighted by Gasteiger charge is -2.31. The summed E-state index contributed by atoms with van der Waals surface area (Å²) in [5.74, 6) is -0.998. The normalized spacial score (nSPS) is 15.1. The van der Waals surface area contributed by atoms with Crippen molar-refractivity contribution in [3.8, 4) is 0 Å². The average Bonchev–Trinajstić information content (AvgIpc) is 1.62. The lowest BCUT2D eigenvalue weighted by Crippen LogP contribution is -2.53. The van der Waals surface area contributed by atoms with Gasteiger partial charge in [0, 0.05) is 0 Å². The maximum absolute atomic E-state index is 10.2. The van der Waals surface area contributed by atoms with Crippen molar-refractivity contribution in [2.45, 2.75) is 13.0 Å². The molecule has 9 heavy (non-hydrogen) atoms. The highest BCUT2D eigenvalue weighted by Gasteiger charge is 2.18. The van der Waals surface area contributed by atoms with E-state index in [1.54, 1.807) is 6.92 Å². The van der Waals surface area contributed by atoms with Crippen molar-refractivity contribution in [2.24, 2.45) is 0 Å². The number of carboxylic acids is 1. The van der Waals surface area contributed by atoms with Crippen LogP contribution in [0.3, 0.4) is 0 Å². The summed E-state index contributed by atoms with van der Waals surface area (Å²) in [6, 6.07) is -0.440. The molecule has 54 valence electrons. The Hall–Kier alpha value is -0.570. The molecule has 0 aromatic heterocycles. The first-order valence-corrected chi connectivity index (χ1v) is 2.87. The van der Waals surface area contributed by atoms with E-state index < -0.39 is 12.0 Å². The molecule has 0 heterocycles. The van der Waals surface area contributed by atoms with Crippen LogP contribution in [0, 0.1) is 0 Å². The van der Waals surface area contributed by atoms with Crippen molar-refractivity contribution < 1.29 is 14.4 Å². The summed E-state index contributed by atoms with van der Waals surface area (Å²) in [5.41, 5.74) is 0. The van der Waals surface area contributed by atoms with Crippen molar-refractivity contribution >= 4 is 5.97 Å². The first-order valence-electron chi connectivity index (χ1n) is 2.87. The number of rotatable bonds is 2. The molecule has 0 rings (SSSR count). The molecule has 1 unspecified atom stereocenters. The van der Waals surface area contributed by atoms with Gasteiger partial charge in [-0.1, -0.05) is 0 Å². The number of carbonyl (C=O) groups is 1. The second-order valence-corrected chi connectivity index (χ2v) is 3.11. The minimum Gasteiger partial charge on any atom is -0.544 e. The molecule has 0 aliphatic carbocycles. The third kappa shape index (κ3) is 2.46. The lowest BCUT2D eigenvalue weighted by atomic mass is 10.3. The molecule has 0 spiro atoms. The molecular formula is C6H13NO2. The van der Waals surface area contributed by atoms with Gasteiger partial charge in [-0.3, -0.25) is 0 Å². The Morgan fingerprint density at radius 3 is 1.78 bits per heavy atom. The Morgan fingerprint density at radius 1 is 1.44 bits per heavy atom. The molecule has 1 atom stereocenters. The van der Waals surface area contributed by atoms with Crippen molar-refractivity contribution in [2.75, 3.05) is 21.1 Å². The third-order valence-corrected chi connectivity index (χ3v) is 1.50. The molecular weight excluding hydrogens is 118 g/mol. The van der Waals surface area contributed by atoms with Crippen LogP contribution in [-0.4, -0.2) is 37.6 Å². The van der Waals surface area contributed by atoms with Crippen LogP contribution in [0.25, 0.3) is 0 Å². The molecule has 0 saturated carbocycles. The molecule has 0 radical (unpaired) electrons. The van der Waals surface area contributed by atoms with E-state index >= 15 is 0 Å². The van der Waals surface area contributed by atoms with E-state index in [-0.39, 0.29) is 0 Å². The molecule has 0 aliphatic heterocycles. The molecule has 0 aliphatic rings. The van der Waals surface area contributed by atoms with Crippen LogP contribution >= 0.6 is 0 Å². The monoisotopic (exact) mass is 131 g/mol. The molecule has 0 N–H and O–H groups in total. The van der Waals surface area contributed by atoms with E-state index in [9.17, 15) is 9.90 Å². The summed E-state index contributed by atoms with van der Waals surface area (Å²) < 4.78 is 0.405. The van der Waals surface area contributed by atoms with Gasteiger partial charge < -0.3 is 14.4 Å². The van der Waals surface area contributed by atoms with Gasteiger partial charge in [0.05, 0.1) is 27.1 Å². The van der Waals surface area contributed by atoms with Crippen LogP contribution in [0.2, 0.25) is 0 Å². The van der Waals surface area contributed by atoms with Crippen LogP contribution in [0.1, 0.15) is 6.92 Å². The molecule has 0 amide bonds. The van der Waals surface area contributed by atoms with Crippen molar-refractivity contribution in [1.29, 1.82) is 0 Å². The first kappa shape index (κ1) is 8.43. The molecule has 0 bridgehead atoms. The van der Waals surface area contributed by atoms with Crippen LogP contribution in [0.15, 0.2) is 0 Å². The molecule has 0 fully saturated rings. The standard InChI is InChI=1S/C6H13NO2/c1-5(6(8)9)7(2,3)4/h5H,1-4H3. The summed E-state index contributed by atoms with van der Waals surface area (Å²) in [5, 5.41) is 10.2. The summed E-state index contributed by atoms with van der Waals surface area (Å²) in [6.45, 7) is 1.63. The lowest BCUT2D eigenvalue weighted by molar-refractivity contribution is -0.887. The van der Waals surface area contributed by atoms with Crippen molar-refractivity contribution in [3.63, 3.8) is 0 Å². The zero-order chi connectivity index (χ0) is 7.65. The van der Waals surface area contributed by atoms with Gasteiger partial charge >= 0.3 is 0 Å². The number of nitrogens with zero attached hydrogens (tertiary/aromatic N) is 1. The Bertz CT molecular complexity index is 115. The topological polar surface area (TPSA) is 40.1 Å². The van der Waals surface area contributed by atoms with E-state index in [4.69, 9.17) is 0 Å². The van der Waals surface area contributed by atoms with Gasteiger partial charge in [-0.05, 0) is 6.92 Å². The summed E-state index contributed by atoms with van der Waals surface area (Å²) in [6.07, 6.45) is 0. The van der Waals surface area contributed by atoms with Crippen LogP contribution in [0.4, 0.5) is 0 Å². The number of hydrogen-bond acceptors (Lipinski definition) is 2. The van der Waals surface area contributed by atoms with Crippen LogP contribution < -0.4 is 5.11 Å². The maximum atomic E-state index is 10.2. The predicted octanol–water partition coefficient (Wildman–Crippen LogP) is -1.17. The van der Waals surface area contributed by atoms with Gasteiger partial charge in [0.25, 0.3) is 0 Å². The fourth-order valence-electron chi connectivity index (χ4n) is 0.316. The number of likely N-dealkylation sites (N-methyl/N-ethyl adjacent to an activating group) is 1. The Kier molecular flexibility index (Phi) is 2.20. The van der Waals surface area contributed by atoms with Gasteiger partial charge in [-0.2, -0.15) is 0 Å². The van der Waals surface area contributed by atoms with E-state index in [1.165, 1.54) is 0 Å². The van der Waals surface area contributed by atoms with Gasteiger partial charge in [0.2, 0.25) is 0 Å². The second kappa shape index (κ2) is 2.35. The van der Waals surface area contributed by atoms with Crippen molar-refractivity contribution in [1.82, 2.24) is 0 Å². The molecule has 0 aromatic carbocycles. The number of aliphatic carboxylic acids is 1. The van der Waals surface area contributed by atoms with E-state index in [1.807, 2.05) is 21.1 Å². The van der Waals surface area contributed by atoms with Crippen LogP contribution in [0.5, 0.6) is 0 Å². The molecule has 0 saturated heterocycles. The highest BCUT2D eigenvalue weighted by molar-refractivity contribution is 5.69. The zero-order valence-electron chi connectivity index (χ0n) is 6.34. The average molecular weight is 131 g/mol. The zero-order valence-corrected chi connectivity index (χ0v) is 6.34. The highest BCUT2D eigenvalue weighted by Crippen LogP contribution is 1.98. The van der Waals surface area contributed by atoms with E-state index in [0.717, 1.165) is 0 Å². The number of hydrogen-bond donors (Lipinski definition) is 0. The predicted molar refractivity (Wildman–Crippen MR) is 32.5 cm³/mol. The molecule has 3 nitrogen and oxygen atoms in total. The highest BCUT2D eigenvalue weighted by atomic mass is 16.4. The Labute approximate surface area is 55.5 Å². The minimum absolute atomic E-state index is 0.405. The number of carbonyl (C=O) groups excluding carboxylic acids is 1. The third-order valence-electron chi connectivity index (χ3n) is 1.50. The number of quaternary nitrogens is 1. The Balaban J connectivity index is 4.04. The van der Waals surface area contributed by atoms with Crippen molar-refractivity contribution in [3.05, 3.63) is 0 Å². The smallest absolute Gasteiger partial charge is 0.126 e. The summed E-state index contributed by atoms with van der Waals surface area (Å²) in [4.78, 5) is 10.2. The largest absolute Gasteiger partial charge is 0.544 e. The van der Waals surface area contributed by atoms with Gasteiger partial charge in [0.1, 0.15) is 6.04 Å². The van der Waals surface area contributed by atoms with Gasteiger partial charge in [0.15, 0.2) is 0 Å². The maximum Gasteiger partial charge on any atom is 0.126 e. The van der Waals surface area contributed by atoms with Gasteiger partial charge in [-0.15, -0.1) is 0 Å². The van der Waals surface area contributed by atoms with Crippen LogP contribution in [-0.2, 0) is 4.79 Å².